The van der Waals surface area contributed by atoms with E-state index in [1.807, 2.05) is 42.0 Å². The third-order valence-electron chi connectivity index (χ3n) is 4.38. The van der Waals surface area contributed by atoms with Crippen LogP contribution in [0.15, 0.2) is 53.9 Å². The van der Waals surface area contributed by atoms with E-state index in [0.29, 0.717) is 16.7 Å². The molecule has 0 aliphatic carbocycles. The summed E-state index contributed by atoms with van der Waals surface area (Å²) in [6.07, 6.45) is 3.54. The molecule has 1 heterocycles. The lowest BCUT2D eigenvalue weighted by molar-refractivity contribution is -0.113. The minimum absolute atomic E-state index is 0.0927. The number of nitrogens with two attached hydrogens (primary N) is 1. The van der Waals surface area contributed by atoms with E-state index in [2.05, 4.69) is 10.3 Å². The Kier molecular flexibility index (Phi) is 6.63. The first-order chi connectivity index (χ1) is 14.4. The Bertz CT molecular complexity index is 1080. The molecule has 0 bridgehead atoms. The number of para-hydroxylation sites is 1. The molecule has 8 nitrogen and oxygen atoms in total. The Morgan fingerprint density at radius 3 is 2.53 bits per heavy atom. The van der Waals surface area contributed by atoms with Gasteiger partial charge in [0.1, 0.15) is 0 Å². The summed E-state index contributed by atoms with van der Waals surface area (Å²) in [5.41, 5.74) is 7.93. The van der Waals surface area contributed by atoms with Crippen molar-refractivity contribution in [1.29, 1.82) is 0 Å². The van der Waals surface area contributed by atoms with Gasteiger partial charge in [-0.2, -0.15) is 0 Å². The monoisotopic (exact) mass is 426 g/mol. The third-order valence-corrected chi connectivity index (χ3v) is 5.34. The van der Waals surface area contributed by atoms with Crippen molar-refractivity contribution >= 4 is 29.3 Å². The highest BCUT2D eigenvalue weighted by atomic mass is 32.2. The number of carbonyl (C=O) groups is 2. The van der Waals surface area contributed by atoms with Crippen LogP contribution in [0.4, 0.5) is 5.69 Å². The Labute approximate surface area is 178 Å². The third kappa shape index (κ3) is 4.57. The molecule has 0 fully saturated rings. The lowest BCUT2D eigenvalue weighted by Crippen LogP contribution is -2.20. The second kappa shape index (κ2) is 9.36. The van der Waals surface area contributed by atoms with E-state index >= 15 is 0 Å². The molecule has 30 heavy (non-hydrogen) atoms. The molecule has 0 radical (unpaired) electrons. The van der Waals surface area contributed by atoms with Crippen LogP contribution in [-0.2, 0) is 4.79 Å². The van der Waals surface area contributed by atoms with Crippen molar-refractivity contribution in [3.63, 3.8) is 0 Å². The van der Waals surface area contributed by atoms with Crippen molar-refractivity contribution in [2.45, 2.75) is 12.1 Å². The Morgan fingerprint density at radius 1 is 1.17 bits per heavy atom. The van der Waals surface area contributed by atoms with Crippen LogP contribution in [0.5, 0.6) is 11.5 Å². The van der Waals surface area contributed by atoms with Crippen molar-refractivity contribution in [3.05, 3.63) is 59.9 Å². The molecule has 1 aromatic heterocycles. The molecule has 156 valence electrons. The molecule has 3 aromatic rings. The second-order valence-electron chi connectivity index (χ2n) is 6.32. The van der Waals surface area contributed by atoms with Crippen LogP contribution in [-0.4, -0.2) is 41.3 Å². The molecular weight excluding hydrogens is 404 g/mol. The van der Waals surface area contributed by atoms with E-state index in [1.165, 1.54) is 38.1 Å². The van der Waals surface area contributed by atoms with Crippen LogP contribution in [0, 0.1) is 6.92 Å². The van der Waals surface area contributed by atoms with Crippen LogP contribution in [0.25, 0.3) is 5.69 Å². The number of primary amides is 1. The number of imidazole rings is 1. The first-order valence-electron chi connectivity index (χ1n) is 9.02. The fourth-order valence-corrected chi connectivity index (χ4v) is 3.68. The summed E-state index contributed by atoms with van der Waals surface area (Å²) in [6, 6.07) is 10.9. The summed E-state index contributed by atoms with van der Waals surface area (Å²) in [7, 11) is 2.92. The van der Waals surface area contributed by atoms with Gasteiger partial charge >= 0.3 is 0 Å². The highest BCUT2D eigenvalue weighted by Crippen LogP contribution is 2.33. The van der Waals surface area contributed by atoms with Gasteiger partial charge in [-0.3, -0.25) is 14.2 Å². The molecule has 2 amide bonds. The molecule has 0 aliphatic heterocycles. The average molecular weight is 426 g/mol. The molecule has 0 saturated carbocycles. The van der Waals surface area contributed by atoms with Gasteiger partial charge in [-0.05, 0) is 24.6 Å². The molecule has 3 rings (SSSR count). The van der Waals surface area contributed by atoms with Gasteiger partial charge in [0.25, 0.3) is 5.91 Å². The lowest BCUT2D eigenvalue weighted by atomic mass is 10.1. The first-order valence-corrected chi connectivity index (χ1v) is 10.0. The number of hydrogen-bond donors (Lipinski definition) is 2. The molecule has 0 atom stereocenters. The fourth-order valence-electron chi connectivity index (χ4n) is 2.92. The van der Waals surface area contributed by atoms with Gasteiger partial charge < -0.3 is 20.5 Å². The predicted molar refractivity (Wildman–Crippen MR) is 116 cm³/mol. The van der Waals surface area contributed by atoms with E-state index in [0.717, 1.165) is 11.3 Å². The zero-order valence-electron chi connectivity index (χ0n) is 16.8. The number of methoxy groups -OCH3 is 2. The zero-order valence-corrected chi connectivity index (χ0v) is 17.7. The summed E-state index contributed by atoms with van der Waals surface area (Å²) in [4.78, 5) is 28.7. The number of nitrogens with zero attached hydrogens (tertiary/aromatic N) is 2. The fraction of sp³-hybridized carbons (Fsp3) is 0.190. The number of nitrogens with one attached hydrogen (secondary N) is 1. The lowest BCUT2D eigenvalue weighted by Gasteiger charge is -2.14. The van der Waals surface area contributed by atoms with Crippen molar-refractivity contribution in [2.24, 2.45) is 5.73 Å². The van der Waals surface area contributed by atoms with Crippen molar-refractivity contribution in [1.82, 2.24) is 9.55 Å². The Hall–Kier alpha value is -3.46. The van der Waals surface area contributed by atoms with Gasteiger partial charge in [0.2, 0.25) is 5.91 Å². The van der Waals surface area contributed by atoms with E-state index in [-0.39, 0.29) is 22.9 Å². The van der Waals surface area contributed by atoms with Crippen molar-refractivity contribution in [2.75, 3.05) is 25.3 Å². The number of rotatable bonds is 8. The number of carbonyl (C=O) groups excluding carboxylic acids is 2. The minimum Gasteiger partial charge on any atom is -0.493 e. The number of anilines is 1. The summed E-state index contributed by atoms with van der Waals surface area (Å²) in [5, 5.41) is 3.40. The average Bonchev–Trinajstić information content (AvgIpc) is 3.20. The largest absolute Gasteiger partial charge is 0.493 e. The second-order valence-corrected chi connectivity index (χ2v) is 7.26. The number of ether oxygens (including phenoxy) is 2. The van der Waals surface area contributed by atoms with Gasteiger partial charge in [-0.1, -0.05) is 30.0 Å². The summed E-state index contributed by atoms with van der Waals surface area (Å²) in [6.45, 7) is 2.01. The molecule has 3 N–H and O–H groups in total. The van der Waals surface area contributed by atoms with Crippen molar-refractivity contribution < 1.29 is 19.1 Å². The van der Waals surface area contributed by atoms with Crippen LogP contribution < -0.4 is 20.5 Å². The van der Waals surface area contributed by atoms with Crippen LogP contribution >= 0.6 is 11.8 Å². The maximum Gasteiger partial charge on any atom is 0.250 e. The molecule has 0 spiro atoms. The minimum atomic E-state index is -0.686. The van der Waals surface area contributed by atoms with E-state index < -0.39 is 5.91 Å². The van der Waals surface area contributed by atoms with E-state index in [1.54, 1.807) is 6.20 Å². The number of aryl methyl sites for hydroxylation is 1. The van der Waals surface area contributed by atoms with Crippen LogP contribution in [0.2, 0.25) is 0 Å². The van der Waals surface area contributed by atoms with Crippen molar-refractivity contribution in [3.8, 4) is 17.2 Å². The number of amides is 2. The van der Waals surface area contributed by atoms with E-state index in [9.17, 15) is 9.59 Å². The van der Waals surface area contributed by atoms with Crippen LogP contribution in [0.1, 0.15) is 15.9 Å². The number of hydrogen-bond acceptors (Lipinski definition) is 6. The zero-order chi connectivity index (χ0) is 21.7. The number of aromatic nitrogens is 2. The summed E-state index contributed by atoms with van der Waals surface area (Å²) < 4.78 is 12.4. The highest BCUT2D eigenvalue weighted by Gasteiger charge is 2.17. The van der Waals surface area contributed by atoms with Gasteiger partial charge in [0.05, 0.1) is 36.9 Å². The predicted octanol–water partition coefficient (Wildman–Crippen LogP) is 3.03. The number of benzene rings is 2. The SMILES string of the molecule is COc1cc(NC(=O)CSc2nccn2-c2ccccc2C)c(C(N)=O)cc1OC. The van der Waals surface area contributed by atoms with Crippen LogP contribution in [0.3, 0.4) is 0 Å². The molecular formula is C21H22N4O4S. The molecule has 0 unspecified atom stereocenters. The molecule has 0 aliphatic rings. The Morgan fingerprint density at radius 2 is 1.87 bits per heavy atom. The van der Waals surface area contributed by atoms with Gasteiger partial charge in [-0.25, -0.2) is 4.98 Å². The maximum atomic E-state index is 12.6. The molecule has 9 heteroatoms. The Balaban J connectivity index is 1.76. The number of thioether (sulfide) groups is 1. The smallest absolute Gasteiger partial charge is 0.250 e. The topological polar surface area (TPSA) is 108 Å². The molecule has 2 aromatic carbocycles. The van der Waals surface area contributed by atoms with Gasteiger partial charge in [-0.15, -0.1) is 0 Å². The normalized spacial score (nSPS) is 10.5. The summed E-state index contributed by atoms with van der Waals surface area (Å²) >= 11 is 1.28. The van der Waals surface area contributed by atoms with Gasteiger partial charge in [0, 0.05) is 18.5 Å². The van der Waals surface area contributed by atoms with Gasteiger partial charge in [0.15, 0.2) is 16.7 Å². The quantitative estimate of drug-likeness (QED) is 0.536. The first kappa shape index (κ1) is 21.3. The van der Waals surface area contributed by atoms with E-state index in [4.69, 9.17) is 15.2 Å². The standard InChI is InChI=1S/C21H22N4O4S/c1-13-6-4-5-7-16(13)25-9-8-23-21(25)30-12-19(26)24-15-11-18(29-3)17(28-2)10-14(15)20(22)27/h4-11H,12H2,1-3H3,(H2,22,27)(H,24,26). The summed E-state index contributed by atoms with van der Waals surface area (Å²) in [5.74, 6) is -0.183. The highest BCUT2D eigenvalue weighted by molar-refractivity contribution is 7.99. The molecule has 0 saturated heterocycles. The maximum absolute atomic E-state index is 12.6.